The number of halogens is 1. The van der Waals surface area contributed by atoms with Crippen molar-refractivity contribution < 1.29 is 14.3 Å². The zero-order valence-corrected chi connectivity index (χ0v) is 22.3. The highest BCUT2D eigenvalue weighted by Crippen LogP contribution is 2.28. The number of carbonyl (C=O) groups excluding carboxylic acids is 1. The molecule has 40 heavy (non-hydrogen) atoms. The smallest absolute Gasteiger partial charge is 0.266 e. The van der Waals surface area contributed by atoms with Gasteiger partial charge in [-0.05, 0) is 76.0 Å². The molecule has 0 saturated carbocycles. The van der Waals surface area contributed by atoms with E-state index in [4.69, 9.17) is 21.1 Å². The molecule has 0 aliphatic rings. The van der Waals surface area contributed by atoms with Crippen LogP contribution in [0.15, 0.2) is 121 Å². The highest BCUT2D eigenvalue weighted by atomic mass is 35.5. The molecular formula is C34H25ClN2O3. The van der Waals surface area contributed by atoms with Gasteiger partial charge in [0.2, 0.25) is 0 Å². The molecule has 5 nitrogen and oxygen atoms in total. The molecule has 0 aliphatic carbocycles. The predicted octanol–water partition coefficient (Wildman–Crippen LogP) is 8.20. The van der Waals surface area contributed by atoms with Crippen LogP contribution >= 0.6 is 11.6 Å². The van der Waals surface area contributed by atoms with Gasteiger partial charge in [-0.25, -0.2) is 0 Å². The fourth-order valence-electron chi connectivity index (χ4n) is 4.10. The van der Waals surface area contributed by atoms with Crippen LogP contribution in [0.5, 0.6) is 11.5 Å². The molecule has 0 bridgehead atoms. The van der Waals surface area contributed by atoms with Gasteiger partial charge < -0.3 is 14.8 Å². The van der Waals surface area contributed by atoms with E-state index in [1.165, 1.54) is 11.5 Å². The maximum absolute atomic E-state index is 12.8. The summed E-state index contributed by atoms with van der Waals surface area (Å²) in [6.07, 6.45) is 1.49. The zero-order valence-electron chi connectivity index (χ0n) is 21.5. The largest absolute Gasteiger partial charge is 0.489 e. The Labute approximate surface area is 237 Å². The molecule has 6 heteroatoms. The highest BCUT2D eigenvalue weighted by Gasteiger charge is 2.11. The Balaban J connectivity index is 1.19. The van der Waals surface area contributed by atoms with Gasteiger partial charge in [0.25, 0.3) is 5.91 Å². The van der Waals surface area contributed by atoms with Crippen molar-refractivity contribution in [1.82, 2.24) is 0 Å². The first kappa shape index (κ1) is 26.6. The number of nitriles is 1. The Kier molecular flexibility index (Phi) is 8.41. The SMILES string of the molecule is N#C/C(=C\c1ccc(OCc2ccc3ccccc3c2)c(Cl)c1)C(=O)Nc1ccc(OCc2ccccc2)cc1. The van der Waals surface area contributed by atoms with Crippen LogP contribution in [0.25, 0.3) is 16.8 Å². The molecular weight excluding hydrogens is 520 g/mol. The van der Waals surface area contributed by atoms with Crippen molar-refractivity contribution in [3.05, 3.63) is 143 Å². The molecule has 1 amide bonds. The second-order valence-electron chi connectivity index (χ2n) is 9.08. The minimum Gasteiger partial charge on any atom is -0.489 e. The molecule has 1 N–H and O–H groups in total. The zero-order chi connectivity index (χ0) is 27.7. The molecule has 5 aromatic carbocycles. The first-order valence-electron chi connectivity index (χ1n) is 12.7. The molecule has 0 radical (unpaired) electrons. The summed E-state index contributed by atoms with van der Waals surface area (Å²) < 4.78 is 11.7. The summed E-state index contributed by atoms with van der Waals surface area (Å²) in [6.45, 7) is 0.811. The number of hydrogen-bond acceptors (Lipinski definition) is 4. The van der Waals surface area contributed by atoms with E-state index in [0.29, 0.717) is 41.0 Å². The monoisotopic (exact) mass is 544 g/mol. The number of nitrogens with zero attached hydrogens (tertiary/aromatic N) is 1. The lowest BCUT2D eigenvalue weighted by molar-refractivity contribution is -0.112. The minimum atomic E-state index is -0.520. The maximum Gasteiger partial charge on any atom is 0.266 e. The molecule has 0 saturated heterocycles. The average molecular weight is 545 g/mol. The van der Waals surface area contributed by atoms with Crippen LogP contribution < -0.4 is 14.8 Å². The third-order valence-electron chi connectivity index (χ3n) is 6.20. The summed E-state index contributed by atoms with van der Waals surface area (Å²) in [5.74, 6) is 0.674. The Morgan fingerprint density at radius 1 is 0.775 bits per heavy atom. The van der Waals surface area contributed by atoms with Crippen molar-refractivity contribution in [2.45, 2.75) is 13.2 Å². The van der Waals surface area contributed by atoms with Gasteiger partial charge >= 0.3 is 0 Å². The van der Waals surface area contributed by atoms with Crippen molar-refractivity contribution in [3.63, 3.8) is 0 Å². The van der Waals surface area contributed by atoms with E-state index in [0.717, 1.165) is 16.5 Å². The summed E-state index contributed by atoms with van der Waals surface area (Å²) in [4.78, 5) is 12.8. The van der Waals surface area contributed by atoms with Crippen molar-refractivity contribution in [1.29, 1.82) is 5.26 Å². The van der Waals surface area contributed by atoms with Gasteiger partial charge in [-0.3, -0.25) is 4.79 Å². The topological polar surface area (TPSA) is 71.3 Å². The molecule has 0 atom stereocenters. The van der Waals surface area contributed by atoms with Crippen LogP contribution in [0, 0.1) is 11.3 Å². The standard InChI is InChI=1S/C34H25ClN2O3/c35-32-20-25(11-17-33(32)40-23-26-10-12-27-8-4-5-9-28(27)19-26)18-29(21-36)34(38)37-30-13-15-31(16-14-30)39-22-24-6-2-1-3-7-24/h1-20H,22-23H2,(H,37,38)/b29-18+. The fourth-order valence-corrected chi connectivity index (χ4v) is 4.35. The van der Waals surface area contributed by atoms with E-state index in [-0.39, 0.29) is 5.57 Å². The van der Waals surface area contributed by atoms with E-state index < -0.39 is 5.91 Å². The number of rotatable bonds is 9. The number of amides is 1. The lowest BCUT2D eigenvalue weighted by Gasteiger charge is -2.10. The molecule has 0 fully saturated rings. The summed E-state index contributed by atoms with van der Waals surface area (Å²) in [7, 11) is 0. The normalized spacial score (nSPS) is 11.1. The molecule has 0 unspecified atom stereocenters. The van der Waals surface area contributed by atoms with Crippen molar-refractivity contribution in [2.75, 3.05) is 5.32 Å². The Morgan fingerprint density at radius 2 is 1.50 bits per heavy atom. The fraction of sp³-hybridized carbons (Fsp3) is 0.0588. The molecule has 196 valence electrons. The first-order chi connectivity index (χ1) is 19.6. The van der Waals surface area contributed by atoms with Gasteiger partial charge in [0.15, 0.2) is 0 Å². The Hall–Kier alpha value is -5.05. The van der Waals surface area contributed by atoms with Gasteiger partial charge in [-0.1, -0.05) is 84.4 Å². The van der Waals surface area contributed by atoms with Gasteiger partial charge in [0, 0.05) is 5.69 Å². The second kappa shape index (κ2) is 12.7. The van der Waals surface area contributed by atoms with Crippen LogP contribution in [0.2, 0.25) is 5.02 Å². The van der Waals surface area contributed by atoms with Crippen LogP contribution in [0.3, 0.4) is 0 Å². The third-order valence-corrected chi connectivity index (χ3v) is 6.50. The highest BCUT2D eigenvalue weighted by molar-refractivity contribution is 6.32. The molecule has 0 aliphatic heterocycles. The van der Waals surface area contributed by atoms with Crippen LogP contribution in [-0.4, -0.2) is 5.91 Å². The second-order valence-corrected chi connectivity index (χ2v) is 9.49. The van der Waals surface area contributed by atoms with E-state index in [1.807, 2.05) is 54.6 Å². The molecule has 0 heterocycles. The van der Waals surface area contributed by atoms with Gasteiger partial charge in [0.05, 0.1) is 5.02 Å². The van der Waals surface area contributed by atoms with Crippen LogP contribution in [0.4, 0.5) is 5.69 Å². The van der Waals surface area contributed by atoms with E-state index >= 15 is 0 Å². The van der Waals surface area contributed by atoms with Crippen molar-refractivity contribution in [2.24, 2.45) is 0 Å². The lowest BCUT2D eigenvalue weighted by atomic mass is 10.1. The average Bonchev–Trinajstić information content (AvgIpc) is 2.99. The number of anilines is 1. The molecule has 0 spiro atoms. The Morgan fingerprint density at radius 3 is 2.25 bits per heavy atom. The van der Waals surface area contributed by atoms with Crippen LogP contribution in [0.1, 0.15) is 16.7 Å². The number of carbonyl (C=O) groups is 1. The number of fused-ring (bicyclic) bond motifs is 1. The quantitative estimate of drug-likeness (QED) is 0.150. The summed E-state index contributed by atoms with van der Waals surface area (Å²) in [5.41, 5.74) is 3.20. The predicted molar refractivity (Wildman–Crippen MR) is 159 cm³/mol. The lowest BCUT2D eigenvalue weighted by Crippen LogP contribution is -2.13. The van der Waals surface area contributed by atoms with Gasteiger partial charge in [-0.15, -0.1) is 0 Å². The third kappa shape index (κ3) is 6.87. The maximum atomic E-state index is 12.8. The van der Waals surface area contributed by atoms with E-state index in [2.05, 4.69) is 29.6 Å². The number of benzene rings is 5. The summed E-state index contributed by atoms with van der Waals surface area (Å²) >= 11 is 6.46. The number of ether oxygens (including phenoxy) is 2. The van der Waals surface area contributed by atoms with E-state index in [9.17, 15) is 10.1 Å². The van der Waals surface area contributed by atoms with Gasteiger partial charge in [-0.2, -0.15) is 5.26 Å². The molecule has 5 rings (SSSR count). The molecule has 0 aromatic heterocycles. The van der Waals surface area contributed by atoms with Crippen LogP contribution in [-0.2, 0) is 18.0 Å². The van der Waals surface area contributed by atoms with Crippen molar-refractivity contribution in [3.8, 4) is 17.6 Å². The summed E-state index contributed by atoms with van der Waals surface area (Å²) in [6, 6.07) is 38.3. The van der Waals surface area contributed by atoms with Crippen molar-refractivity contribution >= 4 is 40.0 Å². The molecule has 5 aromatic rings. The number of nitrogens with one attached hydrogen (secondary N) is 1. The Bertz CT molecular complexity index is 1710. The number of hydrogen-bond donors (Lipinski definition) is 1. The van der Waals surface area contributed by atoms with E-state index in [1.54, 1.807) is 42.5 Å². The van der Waals surface area contributed by atoms with Gasteiger partial charge in [0.1, 0.15) is 36.4 Å². The first-order valence-corrected chi connectivity index (χ1v) is 13.1. The minimum absolute atomic E-state index is 0.0506. The summed E-state index contributed by atoms with van der Waals surface area (Å²) in [5, 5.41) is 15.1.